The first kappa shape index (κ1) is 10.1. The largest absolute Gasteiger partial charge is 0.398 e. The fourth-order valence-corrected chi connectivity index (χ4v) is 2.04. The van der Waals surface area contributed by atoms with Gasteiger partial charge < -0.3 is 8.85 Å². The molecule has 0 aromatic carbocycles. The molecule has 0 N–H and O–H groups in total. The average molecular weight is 163 g/mol. The minimum absolute atomic E-state index is 0.0324. The van der Waals surface area contributed by atoms with Crippen molar-refractivity contribution in [1.29, 1.82) is 0 Å². The zero-order valence-corrected chi connectivity index (χ0v) is 7.85. The highest BCUT2D eigenvalue weighted by Crippen LogP contribution is 2.12. The summed E-state index contributed by atoms with van der Waals surface area (Å²) in [6.45, 7) is 1.93. The SMILES string of the molecule is CO[Si](C)(CCC[O])OC. The predicted molar refractivity (Wildman–Crippen MR) is 40.6 cm³/mol. The molecule has 0 amide bonds. The van der Waals surface area contributed by atoms with Gasteiger partial charge in [0.25, 0.3) is 0 Å². The van der Waals surface area contributed by atoms with Crippen LogP contribution >= 0.6 is 0 Å². The standard InChI is InChI=1S/C6H15O3Si/c1-8-10(3,9-2)6-4-5-7/h4-6H2,1-3H3. The molecule has 61 valence electrons. The van der Waals surface area contributed by atoms with Gasteiger partial charge in [0.2, 0.25) is 0 Å². The van der Waals surface area contributed by atoms with Gasteiger partial charge in [0.1, 0.15) is 0 Å². The van der Waals surface area contributed by atoms with Crippen LogP contribution in [0.5, 0.6) is 0 Å². The van der Waals surface area contributed by atoms with Gasteiger partial charge in [-0.25, -0.2) is 5.11 Å². The summed E-state index contributed by atoms with van der Waals surface area (Å²) in [7, 11) is 1.36. The number of hydrogen-bond donors (Lipinski definition) is 0. The summed E-state index contributed by atoms with van der Waals surface area (Å²) in [6, 6.07) is 0.795. The van der Waals surface area contributed by atoms with E-state index in [2.05, 4.69) is 0 Å². The molecule has 3 nitrogen and oxygen atoms in total. The quantitative estimate of drug-likeness (QED) is 0.571. The van der Waals surface area contributed by atoms with Crippen molar-refractivity contribution in [3.63, 3.8) is 0 Å². The van der Waals surface area contributed by atoms with Crippen LogP contribution in [0.3, 0.4) is 0 Å². The van der Waals surface area contributed by atoms with Crippen molar-refractivity contribution in [3.8, 4) is 0 Å². The van der Waals surface area contributed by atoms with Gasteiger partial charge in [-0.3, -0.25) is 0 Å². The first-order chi connectivity index (χ1) is 4.68. The van der Waals surface area contributed by atoms with E-state index in [0.717, 1.165) is 6.04 Å². The molecule has 1 radical (unpaired) electrons. The highest BCUT2D eigenvalue weighted by atomic mass is 28.4. The molecular formula is C6H15O3Si. The van der Waals surface area contributed by atoms with Gasteiger partial charge in [-0.1, -0.05) is 0 Å². The summed E-state index contributed by atoms with van der Waals surface area (Å²) in [6.07, 6.45) is 0.657. The van der Waals surface area contributed by atoms with Crippen molar-refractivity contribution < 1.29 is 14.0 Å². The summed E-state index contributed by atoms with van der Waals surface area (Å²) < 4.78 is 10.3. The maximum atomic E-state index is 10.1. The smallest absolute Gasteiger partial charge is 0.334 e. The van der Waals surface area contributed by atoms with E-state index in [-0.39, 0.29) is 6.61 Å². The minimum Gasteiger partial charge on any atom is -0.398 e. The molecule has 0 unspecified atom stereocenters. The molecular weight excluding hydrogens is 148 g/mol. The van der Waals surface area contributed by atoms with Crippen LogP contribution in [0.1, 0.15) is 6.42 Å². The third-order valence-electron chi connectivity index (χ3n) is 1.64. The van der Waals surface area contributed by atoms with Gasteiger partial charge in [0, 0.05) is 14.2 Å². The van der Waals surface area contributed by atoms with Crippen LogP contribution in [-0.2, 0) is 14.0 Å². The number of rotatable bonds is 5. The Bertz CT molecular complexity index is 83.1. The van der Waals surface area contributed by atoms with Gasteiger partial charge in [-0.05, 0) is 19.0 Å². The molecule has 0 saturated heterocycles. The van der Waals surface area contributed by atoms with Crippen LogP contribution in [0.2, 0.25) is 12.6 Å². The zero-order chi connectivity index (χ0) is 8.04. The molecule has 10 heavy (non-hydrogen) atoms. The zero-order valence-electron chi connectivity index (χ0n) is 6.85. The molecule has 0 aliphatic carbocycles. The van der Waals surface area contributed by atoms with Crippen molar-refractivity contribution in [1.82, 2.24) is 0 Å². The highest BCUT2D eigenvalue weighted by molar-refractivity contribution is 6.65. The van der Waals surface area contributed by atoms with Crippen LogP contribution < -0.4 is 0 Å². The third-order valence-corrected chi connectivity index (χ3v) is 4.63. The van der Waals surface area contributed by atoms with Gasteiger partial charge >= 0.3 is 8.56 Å². The summed E-state index contributed by atoms with van der Waals surface area (Å²) in [5, 5.41) is 10.1. The molecule has 0 fully saturated rings. The summed E-state index contributed by atoms with van der Waals surface area (Å²) in [4.78, 5) is 0. The van der Waals surface area contributed by atoms with E-state index >= 15 is 0 Å². The second-order valence-electron chi connectivity index (χ2n) is 2.35. The lowest BCUT2D eigenvalue weighted by atomic mass is 10.5. The maximum Gasteiger partial charge on any atom is 0.334 e. The van der Waals surface area contributed by atoms with E-state index in [1.54, 1.807) is 14.2 Å². The monoisotopic (exact) mass is 163 g/mol. The Kier molecular flexibility index (Phi) is 4.89. The van der Waals surface area contributed by atoms with E-state index < -0.39 is 8.56 Å². The van der Waals surface area contributed by atoms with Crippen LogP contribution in [0.25, 0.3) is 0 Å². The van der Waals surface area contributed by atoms with Gasteiger partial charge in [0.05, 0.1) is 6.61 Å². The fourth-order valence-electron chi connectivity index (χ4n) is 0.681. The van der Waals surface area contributed by atoms with Gasteiger partial charge in [0.15, 0.2) is 0 Å². The molecule has 4 heteroatoms. The molecule has 0 aliphatic rings. The van der Waals surface area contributed by atoms with Crippen molar-refractivity contribution in [2.45, 2.75) is 19.0 Å². The Balaban J connectivity index is 3.58. The van der Waals surface area contributed by atoms with Crippen molar-refractivity contribution in [2.75, 3.05) is 20.8 Å². The Hall–Kier alpha value is 0.0969. The second-order valence-corrected chi connectivity index (χ2v) is 5.93. The number of hydrogen-bond acceptors (Lipinski definition) is 2. The lowest BCUT2D eigenvalue weighted by Gasteiger charge is -2.21. The Morgan fingerprint density at radius 1 is 1.30 bits per heavy atom. The summed E-state index contributed by atoms with van der Waals surface area (Å²) in [5.74, 6) is 0. The first-order valence-electron chi connectivity index (χ1n) is 3.37. The summed E-state index contributed by atoms with van der Waals surface area (Å²) in [5.41, 5.74) is 0. The Morgan fingerprint density at radius 2 is 1.80 bits per heavy atom. The topological polar surface area (TPSA) is 38.4 Å². The fraction of sp³-hybridized carbons (Fsp3) is 1.00. The molecule has 0 aliphatic heterocycles. The van der Waals surface area contributed by atoms with Crippen LogP contribution in [-0.4, -0.2) is 29.4 Å². The van der Waals surface area contributed by atoms with Crippen molar-refractivity contribution in [3.05, 3.63) is 0 Å². The van der Waals surface area contributed by atoms with E-state index in [0.29, 0.717) is 6.42 Å². The van der Waals surface area contributed by atoms with Gasteiger partial charge in [-0.15, -0.1) is 0 Å². The van der Waals surface area contributed by atoms with E-state index in [1.165, 1.54) is 0 Å². The Labute approximate surface area is 63.2 Å². The minimum atomic E-state index is -1.92. The van der Waals surface area contributed by atoms with E-state index in [1.807, 2.05) is 6.55 Å². The van der Waals surface area contributed by atoms with E-state index in [4.69, 9.17) is 8.85 Å². The molecule has 0 heterocycles. The average Bonchev–Trinajstić information content (AvgIpc) is 2.00. The lowest BCUT2D eigenvalue weighted by Crippen LogP contribution is -2.35. The molecule has 0 aromatic rings. The van der Waals surface area contributed by atoms with Crippen LogP contribution in [0.15, 0.2) is 0 Å². The Morgan fingerprint density at radius 3 is 2.10 bits per heavy atom. The normalized spacial score (nSPS) is 12.0. The molecule has 0 saturated carbocycles. The van der Waals surface area contributed by atoms with Crippen molar-refractivity contribution in [2.24, 2.45) is 0 Å². The van der Waals surface area contributed by atoms with Crippen LogP contribution in [0.4, 0.5) is 0 Å². The molecule has 0 spiro atoms. The molecule has 0 atom stereocenters. The first-order valence-corrected chi connectivity index (χ1v) is 5.89. The second kappa shape index (κ2) is 4.84. The predicted octanol–water partition coefficient (Wildman–Crippen LogP) is 1.17. The van der Waals surface area contributed by atoms with E-state index in [9.17, 15) is 5.11 Å². The molecule has 0 aromatic heterocycles. The molecule has 0 bridgehead atoms. The lowest BCUT2D eigenvalue weighted by molar-refractivity contribution is 0.185. The third kappa shape index (κ3) is 3.31. The molecule has 0 rings (SSSR count). The maximum absolute atomic E-state index is 10.1. The van der Waals surface area contributed by atoms with Crippen LogP contribution in [0, 0.1) is 0 Å². The van der Waals surface area contributed by atoms with Crippen molar-refractivity contribution >= 4 is 8.56 Å². The summed E-state index contributed by atoms with van der Waals surface area (Å²) >= 11 is 0. The van der Waals surface area contributed by atoms with Gasteiger partial charge in [-0.2, -0.15) is 0 Å². The highest BCUT2D eigenvalue weighted by Gasteiger charge is 2.27.